The molecular formula is C18H16Cl2N2O2S. The Hall–Kier alpha value is -1.69. The number of ether oxygens (including phenoxy) is 1. The van der Waals surface area contributed by atoms with Gasteiger partial charge in [-0.15, -0.1) is 10.2 Å². The van der Waals surface area contributed by atoms with Crippen LogP contribution in [-0.2, 0) is 12.2 Å². The molecule has 0 spiro atoms. The van der Waals surface area contributed by atoms with Crippen molar-refractivity contribution in [2.75, 3.05) is 6.61 Å². The molecule has 3 rings (SSSR count). The summed E-state index contributed by atoms with van der Waals surface area (Å²) >= 11 is 13.4. The van der Waals surface area contributed by atoms with E-state index in [-0.39, 0.29) is 0 Å². The van der Waals surface area contributed by atoms with Gasteiger partial charge in [0.2, 0.25) is 5.89 Å². The first-order valence-electron chi connectivity index (χ1n) is 7.77. The number of aryl methyl sites for hydroxylation is 1. The van der Waals surface area contributed by atoms with Crippen LogP contribution in [0.3, 0.4) is 0 Å². The Kier molecular flexibility index (Phi) is 6.62. The topological polar surface area (TPSA) is 48.2 Å². The van der Waals surface area contributed by atoms with E-state index in [1.807, 2.05) is 18.2 Å². The number of hydrogen-bond donors (Lipinski definition) is 0. The lowest BCUT2D eigenvalue weighted by Gasteiger charge is -2.07. The number of rotatable bonds is 8. The van der Waals surface area contributed by atoms with Gasteiger partial charge in [0.15, 0.2) is 0 Å². The minimum absolute atomic E-state index is 0.505. The zero-order valence-electron chi connectivity index (χ0n) is 13.3. The number of halogens is 2. The minimum Gasteiger partial charge on any atom is -0.492 e. The van der Waals surface area contributed by atoms with E-state index in [0.29, 0.717) is 39.9 Å². The first kappa shape index (κ1) is 18.1. The molecule has 0 radical (unpaired) electrons. The molecule has 3 aromatic rings. The molecule has 25 heavy (non-hydrogen) atoms. The van der Waals surface area contributed by atoms with Crippen molar-refractivity contribution in [3.05, 3.63) is 70.0 Å². The lowest BCUT2D eigenvalue weighted by Crippen LogP contribution is -2.00. The molecule has 7 heteroatoms. The van der Waals surface area contributed by atoms with Crippen molar-refractivity contribution in [3.63, 3.8) is 0 Å². The molecule has 130 valence electrons. The van der Waals surface area contributed by atoms with Gasteiger partial charge in [-0.3, -0.25) is 0 Å². The van der Waals surface area contributed by atoms with Crippen LogP contribution >= 0.6 is 35.0 Å². The van der Waals surface area contributed by atoms with E-state index in [2.05, 4.69) is 22.3 Å². The smallest absolute Gasteiger partial charge is 0.276 e. The molecule has 0 aliphatic rings. The lowest BCUT2D eigenvalue weighted by atomic mass is 10.2. The highest BCUT2D eigenvalue weighted by atomic mass is 35.5. The molecule has 0 aliphatic heterocycles. The van der Waals surface area contributed by atoms with Crippen molar-refractivity contribution in [2.45, 2.75) is 23.8 Å². The Morgan fingerprint density at radius 2 is 1.88 bits per heavy atom. The molecule has 0 saturated heterocycles. The molecule has 0 atom stereocenters. The molecular weight excluding hydrogens is 379 g/mol. The second-order valence-corrected chi connectivity index (χ2v) is 7.03. The maximum absolute atomic E-state index is 6.06. The maximum atomic E-state index is 6.06. The van der Waals surface area contributed by atoms with Crippen LogP contribution in [0.4, 0.5) is 0 Å². The molecule has 0 bridgehead atoms. The summed E-state index contributed by atoms with van der Waals surface area (Å²) in [7, 11) is 0. The highest BCUT2D eigenvalue weighted by Crippen LogP contribution is 2.27. The summed E-state index contributed by atoms with van der Waals surface area (Å²) in [5.41, 5.74) is 1.22. The lowest BCUT2D eigenvalue weighted by molar-refractivity contribution is 0.302. The summed E-state index contributed by atoms with van der Waals surface area (Å²) in [4.78, 5) is 0. The Morgan fingerprint density at radius 1 is 1.04 bits per heavy atom. The van der Waals surface area contributed by atoms with Crippen LogP contribution in [0, 0.1) is 0 Å². The van der Waals surface area contributed by atoms with E-state index in [4.69, 9.17) is 32.4 Å². The van der Waals surface area contributed by atoms with Crippen molar-refractivity contribution >= 4 is 35.0 Å². The Bertz CT molecular complexity index is 812. The normalized spacial score (nSPS) is 10.8. The summed E-state index contributed by atoms with van der Waals surface area (Å²) in [5.74, 6) is 2.04. The van der Waals surface area contributed by atoms with Gasteiger partial charge in [-0.05, 0) is 30.2 Å². The first-order valence-corrected chi connectivity index (χ1v) is 9.52. The van der Waals surface area contributed by atoms with E-state index < -0.39 is 0 Å². The van der Waals surface area contributed by atoms with E-state index in [1.54, 1.807) is 18.2 Å². The van der Waals surface area contributed by atoms with Crippen LogP contribution in [0.15, 0.2) is 58.2 Å². The van der Waals surface area contributed by atoms with E-state index in [1.165, 1.54) is 17.3 Å². The van der Waals surface area contributed by atoms with Crippen LogP contribution in [-0.4, -0.2) is 16.8 Å². The second-order valence-electron chi connectivity index (χ2n) is 5.26. The standard InChI is InChI=1S/C18H16Cl2N2O2S/c19-14-8-9-16(15(20)11-14)23-10-4-7-17-21-22-18(24-17)25-12-13-5-2-1-3-6-13/h1-3,5-6,8-9,11H,4,7,10,12H2. The highest BCUT2D eigenvalue weighted by Gasteiger charge is 2.08. The van der Waals surface area contributed by atoms with Crippen LogP contribution in [0.5, 0.6) is 5.75 Å². The number of aromatic nitrogens is 2. The van der Waals surface area contributed by atoms with Crippen molar-refractivity contribution in [1.82, 2.24) is 10.2 Å². The quantitative estimate of drug-likeness (QED) is 0.363. The Labute approximate surface area is 160 Å². The summed E-state index contributed by atoms with van der Waals surface area (Å²) in [6.07, 6.45) is 1.41. The van der Waals surface area contributed by atoms with Crippen LogP contribution in [0.2, 0.25) is 10.0 Å². The van der Waals surface area contributed by atoms with Gasteiger partial charge in [-0.2, -0.15) is 0 Å². The molecule has 0 N–H and O–H groups in total. The number of benzene rings is 2. The fourth-order valence-electron chi connectivity index (χ4n) is 2.11. The summed E-state index contributed by atoms with van der Waals surface area (Å²) in [5, 5.41) is 9.80. The zero-order chi connectivity index (χ0) is 17.5. The molecule has 2 aromatic carbocycles. The fraction of sp³-hybridized carbons (Fsp3) is 0.222. The largest absolute Gasteiger partial charge is 0.492 e. The van der Waals surface area contributed by atoms with Crippen molar-refractivity contribution < 1.29 is 9.15 Å². The van der Waals surface area contributed by atoms with E-state index in [9.17, 15) is 0 Å². The Morgan fingerprint density at radius 3 is 2.68 bits per heavy atom. The summed E-state index contributed by atoms with van der Waals surface area (Å²) < 4.78 is 11.3. The third-order valence-electron chi connectivity index (χ3n) is 3.34. The van der Waals surface area contributed by atoms with Gasteiger partial charge in [-0.1, -0.05) is 65.3 Å². The fourth-order valence-corrected chi connectivity index (χ4v) is 3.31. The Balaban J connectivity index is 1.41. The van der Waals surface area contributed by atoms with Gasteiger partial charge < -0.3 is 9.15 Å². The SMILES string of the molecule is Clc1ccc(OCCCc2nnc(SCc3ccccc3)o2)c(Cl)c1. The number of hydrogen-bond acceptors (Lipinski definition) is 5. The average Bonchev–Trinajstić information content (AvgIpc) is 3.07. The molecule has 0 fully saturated rings. The maximum Gasteiger partial charge on any atom is 0.276 e. The predicted octanol–water partition coefficient (Wildman–Crippen LogP) is 5.68. The van der Waals surface area contributed by atoms with Crippen molar-refractivity contribution in [2.24, 2.45) is 0 Å². The van der Waals surface area contributed by atoms with Gasteiger partial charge in [0, 0.05) is 17.2 Å². The van der Waals surface area contributed by atoms with Crippen molar-refractivity contribution in [3.8, 4) is 5.75 Å². The molecule has 0 amide bonds. The van der Waals surface area contributed by atoms with Crippen LogP contribution in [0.25, 0.3) is 0 Å². The van der Waals surface area contributed by atoms with Gasteiger partial charge in [-0.25, -0.2) is 0 Å². The van der Waals surface area contributed by atoms with Crippen LogP contribution in [0.1, 0.15) is 17.9 Å². The minimum atomic E-state index is 0.505. The monoisotopic (exact) mass is 394 g/mol. The van der Waals surface area contributed by atoms with Crippen LogP contribution < -0.4 is 4.74 Å². The first-order chi connectivity index (χ1) is 12.2. The third kappa shape index (κ3) is 5.66. The van der Waals surface area contributed by atoms with E-state index >= 15 is 0 Å². The molecule has 4 nitrogen and oxygen atoms in total. The second kappa shape index (κ2) is 9.13. The molecule has 0 aliphatic carbocycles. The van der Waals surface area contributed by atoms with Crippen molar-refractivity contribution in [1.29, 1.82) is 0 Å². The summed E-state index contributed by atoms with van der Waals surface area (Å²) in [6, 6.07) is 15.3. The number of thioether (sulfide) groups is 1. The molecule has 1 aromatic heterocycles. The predicted molar refractivity (Wildman–Crippen MR) is 101 cm³/mol. The average molecular weight is 395 g/mol. The van der Waals surface area contributed by atoms with Gasteiger partial charge in [0.1, 0.15) is 5.75 Å². The van der Waals surface area contributed by atoms with E-state index in [0.717, 1.165) is 12.2 Å². The number of nitrogens with zero attached hydrogens (tertiary/aromatic N) is 2. The van der Waals surface area contributed by atoms with Gasteiger partial charge in [0.25, 0.3) is 5.22 Å². The highest BCUT2D eigenvalue weighted by molar-refractivity contribution is 7.98. The zero-order valence-corrected chi connectivity index (χ0v) is 15.7. The summed E-state index contributed by atoms with van der Waals surface area (Å²) in [6.45, 7) is 0.510. The molecule has 1 heterocycles. The third-order valence-corrected chi connectivity index (χ3v) is 4.76. The molecule has 0 unspecified atom stereocenters. The molecule has 0 saturated carbocycles. The van der Waals surface area contributed by atoms with Gasteiger partial charge in [0.05, 0.1) is 11.6 Å². The van der Waals surface area contributed by atoms with Gasteiger partial charge >= 0.3 is 0 Å².